The van der Waals surface area contributed by atoms with Gasteiger partial charge < -0.3 is 9.80 Å². The van der Waals surface area contributed by atoms with Gasteiger partial charge in [0.05, 0.1) is 17.6 Å². The highest BCUT2D eigenvalue weighted by molar-refractivity contribution is 6.08. The molecule has 2 aromatic rings. The van der Waals surface area contributed by atoms with Crippen molar-refractivity contribution < 1.29 is 18.0 Å². The minimum Gasteiger partial charge on any atom is -0.369 e. The van der Waals surface area contributed by atoms with Crippen LogP contribution in [0.4, 0.5) is 24.5 Å². The molecule has 0 atom stereocenters. The van der Waals surface area contributed by atoms with Gasteiger partial charge in [-0.1, -0.05) is 6.07 Å². The van der Waals surface area contributed by atoms with E-state index in [1.807, 2.05) is 38.9 Å². The number of carbonyl (C=O) groups is 1. The number of alkyl halides is 3. The van der Waals surface area contributed by atoms with Gasteiger partial charge in [-0.3, -0.25) is 4.79 Å². The Morgan fingerprint density at radius 2 is 1.86 bits per heavy atom. The molecular formula is C22H24F3N3O. The standard InChI is InChI=1S/C22H24F3N3O/c1-14-11-19(26-13-27(3)4)15(2)10-18(14)21(29)28-9-5-6-16-7-8-17(12-20(16)28)22(23,24)25/h7-8,10-13H,5-6,9H2,1-4H3. The third-order valence-corrected chi connectivity index (χ3v) is 4.98. The van der Waals surface area contributed by atoms with Gasteiger partial charge in [-0.15, -0.1) is 0 Å². The molecule has 0 spiro atoms. The molecule has 0 radical (unpaired) electrons. The van der Waals surface area contributed by atoms with Crippen LogP contribution in [0.25, 0.3) is 0 Å². The minimum atomic E-state index is -4.44. The van der Waals surface area contributed by atoms with Crippen LogP contribution in [-0.2, 0) is 12.6 Å². The number of fused-ring (bicyclic) bond motifs is 1. The summed E-state index contributed by atoms with van der Waals surface area (Å²) in [6.45, 7) is 4.08. The monoisotopic (exact) mass is 403 g/mol. The summed E-state index contributed by atoms with van der Waals surface area (Å²) in [4.78, 5) is 21.0. The first-order valence-electron chi connectivity index (χ1n) is 9.42. The molecule has 0 bridgehead atoms. The van der Waals surface area contributed by atoms with Crippen LogP contribution in [0.15, 0.2) is 35.3 Å². The van der Waals surface area contributed by atoms with Gasteiger partial charge in [0.2, 0.25) is 0 Å². The number of anilines is 1. The maximum atomic E-state index is 13.3. The fraction of sp³-hybridized carbons (Fsp3) is 0.364. The highest BCUT2D eigenvalue weighted by Gasteiger charge is 2.33. The summed E-state index contributed by atoms with van der Waals surface area (Å²) in [7, 11) is 3.74. The number of nitrogens with zero attached hydrogens (tertiary/aromatic N) is 3. The summed E-state index contributed by atoms with van der Waals surface area (Å²) in [6.07, 6.45) is -1.39. The average molecular weight is 403 g/mol. The first-order valence-corrected chi connectivity index (χ1v) is 9.42. The van der Waals surface area contributed by atoms with Crippen LogP contribution < -0.4 is 4.90 Å². The molecule has 7 heteroatoms. The minimum absolute atomic E-state index is 0.283. The molecule has 0 N–H and O–H groups in total. The SMILES string of the molecule is Cc1cc(C(=O)N2CCCc3ccc(C(F)(F)F)cc32)c(C)cc1N=CN(C)C. The summed E-state index contributed by atoms with van der Waals surface area (Å²) in [5.41, 5.74) is 3.19. The molecule has 29 heavy (non-hydrogen) atoms. The van der Waals surface area contributed by atoms with E-state index in [-0.39, 0.29) is 5.91 Å². The molecule has 4 nitrogen and oxygen atoms in total. The topological polar surface area (TPSA) is 35.9 Å². The highest BCUT2D eigenvalue weighted by Crippen LogP contribution is 2.36. The number of hydrogen-bond donors (Lipinski definition) is 0. The Bertz CT molecular complexity index is 965. The van der Waals surface area contributed by atoms with E-state index in [0.29, 0.717) is 30.6 Å². The zero-order chi connectivity index (χ0) is 21.3. The Morgan fingerprint density at radius 3 is 2.52 bits per heavy atom. The van der Waals surface area contributed by atoms with Gasteiger partial charge >= 0.3 is 6.18 Å². The summed E-state index contributed by atoms with van der Waals surface area (Å²) in [6, 6.07) is 7.25. The van der Waals surface area contributed by atoms with E-state index in [4.69, 9.17) is 0 Å². The van der Waals surface area contributed by atoms with Crippen LogP contribution in [0.3, 0.4) is 0 Å². The molecule has 1 heterocycles. The van der Waals surface area contributed by atoms with Gasteiger partial charge in [0.1, 0.15) is 0 Å². The molecule has 3 rings (SSSR count). The lowest BCUT2D eigenvalue weighted by molar-refractivity contribution is -0.137. The Kier molecular flexibility index (Phi) is 5.68. The molecular weight excluding hydrogens is 379 g/mol. The number of carbonyl (C=O) groups excluding carboxylic acids is 1. The molecule has 0 aliphatic carbocycles. The lowest BCUT2D eigenvalue weighted by Crippen LogP contribution is -2.36. The predicted octanol–water partition coefficient (Wildman–Crippen LogP) is 5.14. The summed E-state index contributed by atoms with van der Waals surface area (Å²) in [5, 5.41) is 0. The van der Waals surface area contributed by atoms with Crippen molar-refractivity contribution in [3.05, 3.63) is 58.1 Å². The molecule has 154 valence electrons. The quantitative estimate of drug-likeness (QED) is 0.526. The summed E-state index contributed by atoms with van der Waals surface area (Å²) in [5.74, 6) is -0.283. The third kappa shape index (κ3) is 4.44. The van der Waals surface area contributed by atoms with E-state index in [1.165, 1.54) is 11.0 Å². The van der Waals surface area contributed by atoms with Gasteiger partial charge in [0.15, 0.2) is 0 Å². The molecule has 0 saturated carbocycles. The Morgan fingerprint density at radius 1 is 1.14 bits per heavy atom. The zero-order valence-corrected chi connectivity index (χ0v) is 17.0. The largest absolute Gasteiger partial charge is 0.416 e. The van der Waals surface area contributed by atoms with Gasteiger partial charge in [-0.25, -0.2) is 4.99 Å². The van der Waals surface area contributed by atoms with Crippen LogP contribution in [-0.4, -0.2) is 37.8 Å². The molecule has 2 aromatic carbocycles. The molecule has 1 aliphatic rings. The van der Waals surface area contributed by atoms with Gasteiger partial charge in [0, 0.05) is 31.9 Å². The second-order valence-electron chi connectivity index (χ2n) is 7.56. The smallest absolute Gasteiger partial charge is 0.369 e. The van der Waals surface area contributed by atoms with E-state index >= 15 is 0 Å². The second-order valence-corrected chi connectivity index (χ2v) is 7.56. The maximum absolute atomic E-state index is 13.3. The van der Waals surface area contributed by atoms with Crippen molar-refractivity contribution >= 4 is 23.6 Å². The zero-order valence-electron chi connectivity index (χ0n) is 17.0. The lowest BCUT2D eigenvalue weighted by Gasteiger charge is -2.31. The van der Waals surface area contributed by atoms with E-state index < -0.39 is 11.7 Å². The molecule has 0 aromatic heterocycles. The Balaban J connectivity index is 1.99. The highest BCUT2D eigenvalue weighted by atomic mass is 19.4. The van der Waals surface area contributed by atoms with Crippen molar-refractivity contribution in [2.45, 2.75) is 32.9 Å². The maximum Gasteiger partial charge on any atom is 0.416 e. The summed E-state index contributed by atoms with van der Waals surface area (Å²) < 4.78 is 39.5. The van der Waals surface area contributed by atoms with Crippen LogP contribution in [0.5, 0.6) is 0 Å². The number of benzene rings is 2. The lowest BCUT2D eigenvalue weighted by atomic mass is 9.97. The van der Waals surface area contributed by atoms with Crippen molar-refractivity contribution in [3.63, 3.8) is 0 Å². The fourth-order valence-electron chi connectivity index (χ4n) is 3.46. The van der Waals surface area contributed by atoms with Gasteiger partial charge in [0.25, 0.3) is 5.91 Å². The fourth-order valence-corrected chi connectivity index (χ4v) is 3.46. The summed E-state index contributed by atoms with van der Waals surface area (Å²) >= 11 is 0. The normalized spacial score (nSPS) is 14.2. The van der Waals surface area contributed by atoms with E-state index in [1.54, 1.807) is 12.4 Å². The van der Waals surface area contributed by atoms with Crippen LogP contribution in [0, 0.1) is 13.8 Å². The van der Waals surface area contributed by atoms with Crippen molar-refractivity contribution in [3.8, 4) is 0 Å². The molecule has 0 unspecified atom stereocenters. The van der Waals surface area contributed by atoms with Crippen LogP contribution in [0.2, 0.25) is 0 Å². The van der Waals surface area contributed by atoms with E-state index in [2.05, 4.69) is 4.99 Å². The van der Waals surface area contributed by atoms with Crippen molar-refractivity contribution in [2.24, 2.45) is 4.99 Å². The number of aliphatic imine (C=N–C) groups is 1. The molecule has 1 amide bonds. The number of rotatable bonds is 3. The van der Waals surface area contributed by atoms with Gasteiger partial charge in [-0.05, 0) is 67.6 Å². The molecule has 0 saturated heterocycles. The third-order valence-electron chi connectivity index (χ3n) is 4.98. The molecule has 1 aliphatic heterocycles. The van der Waals surface area contributed by atoms with Gasteiger partial charge in [-0.2, -0.15) is 13.2 Å². The van der Waals surface area contributed by atoms with Crippen molar-refractivity contribution in [1.82, 2.24) is 4.90 Å². The Hall–Kier alpha value is -2.83. The second kappa shape index (κ2) is 7.89. The van der Waals surface area contributed by atoms with Crippen LogP contribution in [0.1, 0.15) is 39.0 Å². The predicted molar refractivity (Wildman–Crippen MR) is 109 cm³/mol. The average Bonchev–Trinajstić information content (AvgIpc) is 2.66. The first-order chi connectivity index (χ1) is 13.6. The van der Waals surface area contributed by atoms with Crippen LogP contribution >= 0.6 is 0 Å². The van der Waals surface area contributed by atoms with Crippen molar-refractivity contribution in [1.29, 1.82) is 0 Å². The Labute approximate surface area is 168 Å². The van der Waals surface area contributed by atoms with E-state index in [0.717, 1.165) is 34.5 Å². The van der Waals surface area contributed by atoms with E-state index in [9.17, 15) is 18.0 Å². The van der Waals surface area contributed by atoms with Crippen molar-refractivity contribution in [2.75, 3.05) is 25.5 Å². The number of hydrogen-bond acceptors (Lipinski definition) is 2. The first kappa shape index (κ1) is 20.9. The molecule has 0 fully saturated rings. The number of halogens is 3. The number of amides is 1. The number of aryl methyl sites for hydroxylation is 3.